The summed E-state index contributed by atoms with van der Waals surface area (Å²) in [4.78, 5) is 63.6. The fourth-order valence-electron chi connectivity index (χ4n) is 3.29. The first-order valence-corrected chi connectivity index (χ1v) is 10.5. The highest BCUT2D eigenvalue weighted by atomic mass is 35.5. The van der Waals surface area contributed by atoms with Gasteiger partial charge in [0.05, 0.1) is 13.4 Å². The number of hydrogen-bond donors (Lipinski definition) is 1. The van der Waals surface area contributed by atoms with Gasteiger partial charge in [-0.25, -0.2) is 15.3 Å². The lowest BCUT2D eigenvalue weighted by molar-refractivity contribution is -0.166. The SMILES string of the molecule is COC(=O)CONc1nc(Cl)nc2c1ncn2[C@@H]1O[C@H](COC(C)=O)[C@@H](OC(C)=O)[C@H]1OC(C)=O. The van der Waals surface area contributed by atoms with E-state index in [2.05, 4.69) is 25.2 Å². The molecule has 35 heavy (non-hydrogen) atoms. The van der Waals surface area contributed by atoms with Crippen molar-refractivity contribution in [1.29, 1.82) is 0 Å². The lowest BCUT2D eigenvalue weighted by atomic mass is 10.1. The first-order valence-electron chi connectivity index (χ1n) is 10.1. The first-order chi connectivity index (χ1) is 16.6. The van der Waals surface area contributed by atoms with Gasteiger partial charge in [-0.1, -0.05) is 0 Å². The third-order valence-electron chi connectivity index (χ3n) is 4.60. The second kappa shape index (κ2) is 11.2. The molecule has 1 aliphatic rings. The van der Waals surface area contributed by atoms with Crippen molar-refractivity contribution in [3.05, 3.63) is 11.6 Å². The van der Waals surface area contributed by atoms with Crippen molar-refractivity contribution in [2.75, 3.05) is 25.8 Å². The van der Waals surface area contributed by atoms with Gasteiger partial charge in [0.15, 0.2) is 42.0 Å². The zero-order valence-corrected chi connectivity index (χ0v) is 19.8. The number of ether oxygens (including phenoxy) is 5. The van der Waals surface area contributed by atoms with Crippen LogP contribution in [0.25, 0.3) is 11.2 Å². The van der Waals surface area contributed by atoms with Gasteiger partial charge >= 0.3 is 23.9 Å². The van der Waals surface area contributed by atoms with Crippen LogP contribution in [-0.4, -0.2) is 82.0 Å². The minimum Gasteiger partial charge on any atom is -0.467 e. The van der Waals surface area contributed by atoms with Gasteiger partial charge in [0.1, 0.15) is 12.7 Å². The molecular weight excluding hydrogens is 494 g/mol. The summed E-state index contributed by atoms with van der Waals surface area (Å²) >= 11 is 6.06. The molecule has 1 N–H and O–H groups in total. The largest absolute Gasteiger partial charge is 0.467 e. The third-order valence-corrected chi connectivity index (χ3v) is 4.76. The van der Waals surface area contributed by atoms with E-state index in [1.807, 2.05) is 0 Å². The molecule has 0 saturated carbocycles. The van der Waals surface area contributed by atoms with Gasteiger partial charge < -0.3 is 23.7 Å². The Balaban J connectivity index is 1.98. The van der Waals surface area contributed by atoms with Crippen LogP contribution in [0.15, 0.2) is 6.33 Å². The van der Waals surface area contributed by atoms with E-state index in [-0.39, 0.29) is 28.9 Å². The number of halogens is 1. The Morgan fingerprint density at radius 2 is 1.77 bits per heavy atom. The predicted molar refractivity (Wildman–Crippen MR) is 114 cm³/mol. The number of nitrogens with zero attached hydrogens (tertiary/aromatic N) is 4. The number of anilines is 1. The van der Waals surface area contributed by atoms with Crippen molar-refractivity contribution in [2.45, 2.75) is 45.3 Å². The summed E-state index contributed by atoms with van der Waals surface area (Å²) in [6.45, 7) is 2.84. The molecule has 2 aromatic heterocycles. The van der Waals surface area contributed by atoms with E-state index in [4.69, 9.17) is 35.4 Å². The van der Waals surface area contributed by atoms with E-state index in [1.165, 1.54) is 38.8 Å². The number of hydrogen-bond acceptors (Lipinski definition) is 14. The molecular formula is C19H22ClN5O10. The molecule has 0 aromatic carbocycles. The number of fused-ring (bicyclic) bond motifs is 1. The first kappa shape index (κ1) is 26.1. The average Bonchev–Trinajstić information content (AvgIpc) is 3.33. The summed E-state index contributed by atoms with van der Waals surface area (Å²) in [5.41, 5.74) is 2.75. The highest BCUT2D eigenvalue weighted by Crippen LogP contribution is 2.36. The van der Waals surface area contributed by atoms with E-state index in [0.29, 0.717) is 0 Å². The van der Waals surface area contributed by atoms with Gasteiger partial charge in [0.25, 0.3) is 0 Å². The molecule has 0 unspecified atom stereocenters. The van der Waals surface area contributed by atoms with Crippen LogP contribution in [0.1, 0.15) is 27.0 Å². The smallest absolute Gasteiger partial charge is 0.334 e. The van der Waals surface area contributed by atoms with Gasteiger partial charge in [0.2, 0.25) is 5.28 Å². The number of rotatable bonds is 9. The summed E-state index contributed by atoms with van der Waals surface area (Å²) in [5, 5.41) is -0.210. The summed E-state index contributed by atoms with van der Waals surface area (Å²) in [7, 11) is 1.20. The molecule has 0 aliphatic carbocycles. The van der Waals surface area contributed by atoms with Crippen molar-refractivity contribution in [3.8, 4) is 0 Å². The molecule has 16 heteroatoms. The molecule has 15 nitrogen and oxygen atoms in total. The highest BCUT2D eigenvalue weighted by Gasteiger charge is 2.51. The summed E-state index contributed by atoms with van der Waals surface area (Å²) in [5.74, 6) is -2.54. The van der Waals surface area contributed by atoms with Gasteiger partial charge in [0, 0.05) is 20.8 Å². The van der Waals surface area contributed by atoms with Crippen LogP contribution in [0, 0.1) is 0 Å². The molecule has 3 rings (SSSR count). The summed E-state index contributed by atoms with van der Waals surface area (Å²) < 4.78 is 27.6. The van der Waals surface area contributed by atoms with Crippen molar-refractivity contribution in [2.24, 2.45) is 0 Å². The zero-order chi connectivity index (χ0) is 25.7. The zero-order valence-electron chi connectivity index (χ0n) is 19.1. The standard InChI is InChI=1S/C19H22ClN5O10/c1-8(26)31-5-11-14(33-9(2)27)15(34-10(3)28)18(35-11)25-7-21-13-16(22-19(20)23-17(13)25)24-32-6-12(29)30-4/h7,11,14-15,18H,5-6H2,1-4H3,(H,22,23,24)/t11-,14-,15-,18-/m1/s1. The van der Waals surface area contributed by atoms with Gasteiger partial charge in [-0.05, 0) is 11.6 Å². The molecule has 2 aromatic rings. The Bertz CT molecular complexity index is 1120. The van der Waals surface area contributed by atoms with Crippen LogP contribution in [0.3, 0.4) is 0 Å². The molecule has 0 amide bonds. The third kappa shape index (κ3) is 6.32. The van der Waals surface area contributed by atoms with Crippen molar-refractivity contribution >= 4 is 52.5 Å². The number of aromatic nitrogens is 4. The quantitative estimate of drug-likeness (QED) is 0.209. The Hall–Kier alpha value is -3.56. The monoisotopic (exact) mass is 515 g/mol. The number of esters is 4. The topological polar surface area (TPSA) is 179 Å². The van der Waals surface area contributed by atoms with Gasteiger partial charge in [-0.3, -0.25) is 23.8 Å². The van der Waals surface area contributed by atoms with Crippen LogP contribution in [0.4, 0.5) is 5.82 Å². The van der Waals surface area contributed by atoms with Crippen LogP contribution in [0.2, 0.25) is 5.28 Å². The molecule has 1 saturated heterocycles. The van der Waals surface area contributed by atoms with E-state index < -0.39 is 55.0 Å². The number of methoxy groups -OCH3 is 1. The second-order valence-corrected chi connectivity index (χ2v) is 7.49. The van der Waals surface area contributed by atoms with E-state index in [1.54, 1.807) is 0 Å². The van der Waals surface area contributed by atoms with Crippen LogP contribution in [0.5, 0.6) is 0 Å². The minimum atomic E-state index is -1.16. The maximum Gasteiger partial charge on any atom is 0.334 e. The number of nitrogens with one attached hydrogen (secondary N) is 1. The number of imidazole rings is 1. The molecule has 0 spiro atoms. The predicted octanol–water partition coefficient (Wildman–Crippen LogP) is 0.320. The van der Waals surface area contributed by atoms with E-state index in [9.17, 15) is 19.2 Å². The van der Waals surface area contributed by atoms with Gasteiger partial charge in [-0.15, -0.1) is 0 Å². The summed E-state index contributed by atoms with van der Waals surface area (Å²) in [6, 6.07) is 0. The lowest BCUT2D eigenvalue weighted by Crippen LogP contribution is -2.40. The normalized spacial score (nSPS) is 21.4. The molecule has 1 fully saturated rings. The molecule has 4 atom stereocenters. The van der Waals surface area contributed by atoms with E-state index in [0.717, 1.165) is 0 Å². The Morgan fingerprint density at radius 1 is 1.09 bits per heavy atom. The molecule has 1 aliphatic heterocycles. The van der Waals surface area contributed by atoms with Crippen LogP contribution < -0.4 is 5.48 Å². The highest BCUT2D eigenvalue weighted by molar-refractivity contribution is 6.28. The number of carbonyl (C=O) groups is 4. The van der Waals surface area contributed by atoms with Crippen molar-refractivity contribution in [1.82, 2.24) is 19.5 Å². The van der Waals surface area contributed by atoms with Crippen LogP contribution >= 0.6 is 11.6 Å². The van der Waals surface area contributed by atoms with Crippen LogP contribution in [-0.2, 0) is 47.7 Å². The van der Waals surface area contributed by atoms with Gasteiger partial charge in [-0.2, -0.15) is 9.97 Å². The van der Waals surface area contributed by atoms with Crippen molar-refractivity contribution in [3.63, 3.8) is 0 Å². The molecule has 0 bridgehead atoms. The fraction of sp³-hybridized carbons (Fsp3) is 0.526. The molecule has 3 heterocycles. The maximum atomic E-state index is 11.8. The Morgan fingerprint density at radius 3 is 2.40 bits per heavy atom. The Labute approximate surface area is 202 Å². The summed E-state index contributed by atoms with van der Waals surface area (Å²) in [6.07, 6.45) is -3.05. The van der Waals surface area contributed by atoms with Crippen molar-refractivity contribution < 1.29 is 47.7 Å². The second-order valence-electron chi connectivity index (χ2n) is 7.15. The average molecular weight is 516 g/mol. The molecule has 190 valence electrons. The Kier molecular flexibility index (Phi) is 8.37. The lowest BCUT2D eigenvalue weighted by Gasteiger charge is -2.23. The maximum absolute atomic E-state index is 11.8. The number of carbonyl (C=O) groups excluding carboxylic acids is 4. The fourth-order valence-corrected chi connectivity index (χ4v) is 3.45. The minimum absolute atomic E-state index is 0.0256. The van der Waals surface area contributed by atoms with E-state index >= 15 is 0 Å². The molecule has 0 radical (unpaired) electrons.